The van der Waals surface area contributed by atoms with Crippen molar-refractivity contribution in [3.05, 3.63) is 66.2 Å². The highest BCUT2D eigenvalue weighted by Gasteiger charge is 2.33. The molecule has 10 heteroatoms. The minimum absolute atomic E-state index is 0.0647. The van der Waals surface area contributed by atoms with E-state index in [1.807, 2.05) is 12.1 Å². The van der Waals surface area contributed by atoms with E-state index in [0.29, 0.717) is 48.0 Å². The molecule has 0 saturated carbocycles. The van der Waals surface area contributed by atoms with E-state index in [2.05, 4.69) is 20.2 Å². The van der Waals surface area contributed by atoms with Crippen LogP contribution >= 0.6 is 10.6 Å². The Morgan fingerprint density at radius 3 is 2.47 bits per heavy atom. The highest BCUT2D eigenvalue weighted by atomic mass is 32.3. The molecule has 3 heterocycles. The number of hydrogen-bond donors (Lipinski definition) is 1. The number of benzene rings is 2. The predicted molar refractivity (Wildman–Crippen MR) is 127 cm³/mol. The average molecular weight is 484 g/mol. The zero-order valence-electron chi connectivity index (χ0n) is 18.4. The highest BCUT2D eigenvalue weighted by molar-refractivity contribution is 8.24. The predicted octanol–water partition coefficient (Wildman–Crippen LogP) is 4.76. The van der Waals surface area contributed by atoms with E-state index in [0.717, 1.165) is 5.56 Å². The summed E-state index contributed by atoms with van der Waals surface area (Å²) in [6.45, 7) is 2.93. The van der Waals surface area contributed by atoms with Crippen molar-refractivity contribution in [1.82, 2.24) is 20.2 Å². The average Bonchev–Trinajstić information content (AvgIpc) is 3.35. The van der Waals surface area contributed by atoms with E-state index in [1.54, 1.807) is 43.5 Å². The molecule has 3 N–H and O–H groups in total. The minimum atomic E-state index is -2.68. The first-order valence-electron chi connectivity index (χ1n) is 10.8. The van der Waals surface area contributed by atoms with E-state index < -0.39 is 16.4 Å². The van der Waals surface area contributed by atoms with Gasteiger partial charge in [-0.3, -0.25) is 9.54 Å². The number of ether oxygens (including phenoxy) is 1. The monoisotopic (exact) mass is 483 g/mol. The molecule has 8 nitrogen and oxygen atoms in total. The molecule has 0 spiro atoms. The summed E-state index contributed by atoms with van der Waals surface area (Å²) in [6.07, 6.45) is 3.01. The van der Waals surface area contributed by atoms with E-state index >= 15 is 0 Å². The lowest BCUT2D eigenvalue weighted by molar-refractivity contribution is 0.0966. The third kappa shape index (κ3) is 4.32. The quantitative estimate of drug-likeness (QED) is 0.407. The summed E-state index contributed by atoms with van der Waals surface area (Å²) < 4.78 is 44.7. The van der Waals surface area contributed by atoms with Gasteiger partial charge in [0.05, 0.1) is 28.4 Å². The second kappa shape index (κ2) is 9.22. The maximum absolute atomic E-state index is 14.1. The van der Waals surface area contributed by atoms with Crippen molar-refractivity contribution >= 4 is 10.6 Å². The Labute approximate surface area is 197 Å². The van der Waals surface area contributed by atoms with Crippen molar-refractivity contribution in [3.63, 3.8) is 0 Å². The summed E-state index contributed by atoms with van der Waals surface area (Å²) in [7, 11) is -2.68. The first kappa shape index (κ1) is 22.6. The van der Waals surface area contributed by atoms with Crippen LogP contribution in [0.2, 0.25) is 0 Å². The fourth-order valence-corrected chi connectivity index (χ4v) is 5.71. The Hall–Kier alpha value is -3.18. The molecule has 34 heavy (non-hydrogen) atoms. The Kier molecular flexibility index (Phi) is 6.13. The van der Waals surface area contributed by atoms with Crippen LogP contribution in [0.4, 0.5) is 4.39 Å². The molecule has 5 rings (SSSR count). The van der Waals surface area contributed by atoms with Gasteiger partial charge in [-0.1, -0.05) is 34.9 Å². The zero-order valence-corrected chi connectivity index (χ0v) is 19.3. The summed E-state index contributed by atoms with van der Waals surface area (Å²) in [5, 5.41) is 7.92. The topological polar surface area (TPSA) is 117 Å². The number of rotatable bonds is 5. The van der Waals surface area contributed by atoms with Gasteiger partial charge in [-0.25, -0.2) is 9.37 Å². The van der Waals surface area contributed by atoms with Crippen LogP contribution in [0.1, 0.15) is 18.5 Å². The third-order valence-electron chi connectivity index (χ3n) is 5.85. The molecule has 176 valence electrons. The molecule has 1 aliphatic heterocycles. The highest BCUT2D eigenvalue weighted by Crippen LogP contribution is 2.55. The molecule has 2 aromatic carbocycles. The lowest BCUT2D eigenvalue weighted by Crippen LogP contribution is -2.26. The number of nitrogens with zero attached hydrogens (tertiary/aromatic N) is 4. The van der Waals surface area contributed by atoms with Crippen LogP contribution in [-0.2, 0) is 4.74 Å². The fraction of sp³-hybridized carbons (Fsp3) is 0.250. The molecule has 1 unspecified atom stereocenters. The molecule has 1 atom stereocenters. The van der Waals surface area contributed by atoms with Crippen LogP contribution < -0.4 is 0 Å². The Morgan fingerprint density at radius 2 is 1.74 bits per heavy atom. The van der Waals surface area contributed by atoms with E-state index in [-0.39, 0.29) is 22.6 Å². The molecule has 1 fully saturated rings. The molecule has 0 amide bonds. The second-order valence-electron chi connectivity index (χ2n) is 8.04. The van der Waals surface area contributed by atoms with Crippen molar-refractivity contribution in [3.8, 4) is 34.3 Å². The van der Waals surface area contributed by atoms with Crippen molar-refractivity contribution in [2.24, 2.45) is 0 Å². The van der Waals surface area contributed by atoms with Crippen molar-refractivity contribution in [2.75, 3.05) is 13.2 Å². The van der Waals surface area contributed by atoms with Crippen molar-refractivity contribution in [2.45, 2.75) is 29.9 Å². The molecular weight excluding hydrogens is 459 g/mol. The molecule has 0 radical (unpaired) electrons. The van der Waals surface area contributed by atoms with Gasteiger partial charge in [0.1, 0.15) is 16.4 Å². The number of halogens is 1. The van der Waals surface area contributed by atoms with Crippen LogP contribution in [-0.4, -0.2) is 47.7 Å². The maximum Gasteiger partial charge on any atom is 0.268 e. The molecular formula is C24H24FN4O4S+. The maximum atomic E-state index is 14.1. The van der Waals surface area contributed by atoms with Gasteiger partial charge in [0, 0.05) is 18.8 Å². The number of aromatic nitrogens is 4. The van der Waals surface area contributed by atoms with Crippen molar-refractivity contribution in [1.29, 1.82) is 0 Å². The third-order valence-corrected chi connectivity index (χ3v) is 8.27. The first-order valence-corrected chi connectivity index (χ1v) is 12.5. The Bertz CT molecular complexity index is 1310. The van der Waals surface area contributed by atoms with Gasteiger partial charge in [0.25, 0.3) is 11.8 Å². The molecule has 1 saturated heterocycles. The molecule has 0 aliphatic carbocycles. The number of hydrogen-bond acceptors (Lipinski definition) is 7. The normalized spacial score (nSPS) is 17.3. The number of aryl methyl sites for hydroxylation is 1. The van der Waals surface area contributed by atoms with Gasteiger partial charge in [-0.15, -0.1) is 10.2 Å². The molecule has 4 aromatic rings. The first-order chi connectivity index (χ1) is 16.4. The van der Waals surface area contributed by atoms with Crippen molar-refractivity contribution < 1.29 is 22.6 Å². The van der Waals surface area contributed by atoms with Crippen LogP contribution in [0, 0.1) is 12.7 Å². The summed E-state index contributed by atoms with van der Waals surface area (Å²) >= 11 is 0. The minimum Gasteiger partial charge on any atom is -0.414 e. The van der Waals surface area contributed by atoms with E-state index in [9.17, 15) is 8.94 Å². The lowest BCUT2D eigenvalue weighted by atomic mass is 10.1. The van der Waals surface area contributed by atoms with E-state index in [1.165, 1.54) is 6.07 Å². The fourth-order valence-electron chi connectivity index (χ4n) is 3.90. The largest absolute Gasteiger partial charge is 0.414 e. The Balaban J connectivity index is 1.43. The second-order valence-corrected chi connectivity index (χ2v) is 10.4. The lowest BCUT2D eigenvalue weighted by Gasteiger charge is -2.38. The standard InChI is InChI=1S/C24H23FN4O4S/c1-15-22(24-29-28-23(33-24)19-4-2-3-5-20(19)25)27-21(14-26-15)16-6-8-17(9-7-16)34(30,31)18-10-12-32-13-11-18/h2-9,14,18,30-31H,10-13H2,1H3/p+1. The van der Waals surface area contributed by atoms with Crippen LogP contribution in [0.3, 0.4) is 0 Å². The summed E-state index contributed by atoms with van der Waals surface area (Å²) in [6, 6.07) is 13.4. The SMILES string of the molecule is Cc1ncc(-c2ccc(S(O)([OH2+])C3CCOCC3)cc2)nc1-c1nnc(-c2ccccc2F)o1. The van der Waals surface area contributed by atoms with Crippen LogP contribution in [0.5, 0.6) is 0 Å². The molecule has 2 aromatic heterocycles. The smallest absolute Gasteiger partial charge is 0.268 e. The van der Waals surface area contributed by atoms with Gasteiger partial charge in [0.15, 0.2) is 0 Å². The summed E-state index contributed by atoms with van der Waals surface area (Å²) in [4.78, 5) is 9.68. The van der Waals surface area contributed by atoms with Gasteiger partial charge in [-0.05, 0) is 44.0 Å². The van der Waals surface area contributed by atoms with Crippen LogP contribution in [0.25, 0.3) is 34.3 Å². The molecule has 1 aliphatic rings. The molecule has 0 bridgehead atoms. The van der Waals surface area contributed by atoms with Crippen LogP contribution in [0.15, 0.2) is 64.0 Å². The zero-order chi connectivity index (χ0) is 23.7. The van der Waals surface area contributed by atoms with Gasteiger partial charge < -0.3 is 13.7 Å². The van der Waals surface area contributed by atoms with Gasteiger partial charge in [-0.2, -0.15) is 0 Å². The van der Waals surface area contributed by atoms with Gasteiger partial charge in [0.2, 0.25) is 0 Å². The van der Waals surface area contributed by atoms with E-state index in [4.69, 9.17) is 13.7 Å². The van der Waals surface area contributed by atoms with Gasteiger partial charge >= 0.3 is 0 Å². The summed E-state index contributed by atoms with van der Waals surface area (Å²) in [5.41, 5.74) is 2.56. The summed E-state index contributed by atoms with van der Waals surface area (Å²) in [5.74, 6) is -0.243. The Morgan fingerprint density at radius 1 is 1.03 bits per heavy atom.